The molecule has 0 aliphatic carbocycles. The van der Waals surface area contributed by atoms with Crippen molar-refractivity contribution in [3.05, 3.63) is 66.0 Å². The quantitative estimate of drug-likeness (QED) is 0.731. The summed E-state index contributed by atoms with van der Waals surface area (Å²) >= 11 is 0. The molecule has 0 aliphatic heterocycles. The van der Waals surface area contributed by atoms with Crippen LogP contribution in [0.4, 0.5) is 0 Å². The monoisotopic (exact) mass is 327 g/mol. The number of nitrogens with zero attached hydrogens (tertiary/aromatic N) is 1. The van der Waals surface area contributed by atoms with Crippen LogP contribution in [0.3, 0.4) is 0 Å². The molecule has 1 atom stereocenters. The summed E-state index contributed by atoms with van der Waals surface area (Å²) in [5.74, 6) is -1.99. The average molecular weight is 327 g/mol. The number of nitrogens with two attached hydrogens (primary N) is 1. The van der Waals surface area contributed by atoms with E-state index in [1.807, 2.05) is 30.3 Å². The second-order valence-electron chi connectivity index (χ2n) is 5.02. The van der Waals surface area contributed by atoms with E-state index < -0.39 is 23.8 Å². The number of carbonyl (C=O) groups excluding carboxylic acids is 3. The molecule has 1 heterocycles. The zero-order valence-electron chi connectivity index (χ0n) is 12.8. The summed E-state index contributed by atoms with van der Waals surface area (Å²) in [6, 6.07) is 11.1. The molecule has 7 nitrogen and oxygen atoms in total. The van der Waals surface area contributed by atoms with E-state index in [1.54, 1.807) is 6.07 Å². The molecule has 7 heteroatoms. The Hall–Kier alpha value is -3.22. The van der Waals surface area contributed by atoms with E-state index in [0.717, 1.165) is 5.56 Å². The van der Waals surface area contributed by atoms with Crippen molar-refractivity contribution in [2.24, 2.45) is 5.73 Å². The number of pyridine rings is 1. The molecule has 1 aromatic heterocycles. The van der Waals surface area contributed by atoms with Crippen molar-refractivity contribution < 1.29 is 19.1 Å². The van der Waals surface area contributed by atoms with Gasteiger partial charge in [0.15, 0.2) is 0 Å². The number of benzene rings is 1. The van der Waals surface area contributed by atoms with Crippen LogP contribution in [-0.4, -0.2) is 28.8 Å². The molecule has 24 heavy (non-hydrogen) atoms. The Morgan fingerprint density at radius 2 is 1.88 bits per heavy atom. The SMILES string of the molecule is NC(=O)[C@H](CC(=O)OCc1ccccc1)NC(=O)c1cccnc1. The van der Waals surface area contributed by atoms with Crippen molar-refractivity contribution in [1.82, 2.24) is 10.3 Å². The van der Waals surface area contributed by atoms with Crippen LogP contribution in [-0.2, 0) is 20.9 Å². The molecule has 0 saturated carbocycles. The lowest BCUT2D eigenvalue weighted by Crippen LogP contribution is -2.45. The normalized spacial score (nSPS) is 11.3. The third kappa shape index (κ3) is 5.20. The second-order valence-corrected chi connectivity index (χ2v) is 5.02. The van der Waals surface area contributed by atoms with E-state index >= 15 is 0 Å². The third-order valence-electron chi connectivity index (χ3n) is 3.19. The molecule has 0 fully saturated rings. The van der Waals surface area contributed by atoms with Crippen molar-refractivity contribution in [3.63, 3.8) is 0 Å². The number of aromatic nitrogens is 1. The Kier molecular flexibility index (Phi) is 6.01. The molecule has 2 aromatic rings. The summed E-state index contributed by atoms with van der Waals surface area (Å²) in [7, 11) is 0. The zero-order chi connectivity index (χ0) is 17.4. The summed E-state index contributed by atoms with van der Waals surface area (Å²) in [6.45, 7) is 0.0850. The van der Waals surface area contributed by atoms with Gasteiger partial charge in [-0.2, -0.15) is 0 Å². The van der Waals surface area contributed by atoms with Crippen LogP contribution < -0.4 is 11.1 Å². The lowest BCUT2D eigenvalue weighted by Gasteiger charge is -2.15. The van der Waals surface area contributed by atoms with Gasteiger partial charge >= 0.3 is 5.97 Å². The minimum absolute atomic E-state index is 0.0850. The van der Waals surface area contributed by atoms with E-state index in [4.69, 9.17) is 10.5 Å². The molecule has 0 aliphatic rings. The number of hydrogen-bond donors (Lipinski definition) is 2. The Morgan fingerprint density at radius 1 is 1.12 bits per heavy atom. The maximum atomic E-state index is 12.0. The predicted octanol–water partition coefficient (Wildman–Crippen LogP) is 0.799. The van der Waals surface area contributed by atoms with E-state index in [2.05, 4.69) is 10.3 Å². The highest BCUT2D eigenvalue weighted by molar-refractivity contribution is 5.98. The Bertz CT molecular complexity index is 704. The van der Waals surface area contributed by atoms with Gasteiger partial charge in [0.05, 0.1) is 12.0 Å². The third-order valence-corrected chi connectivity index (χ3v) is 3.19. The van der Waals surface area contributed by atoms with E-state index in [-0.39, 0.29) is 18.6 Å². The largest absolute Gasteiger partial charge is 0.461 e. The maximum Gasteiger partial charge on any atom is 0.308 e. The van der Waals surface area contributed by atoms with Crippen LogP contribution in [0.15, 0.2) is 54.9 Å². The van der Waals surface area contributed by atoms with Gasteiger partial charge in [-0.05, 0) is 17.7 Å². The van der Waals surface area contributed by atoms with E-state index in [9.17, 15) is 14.4 Å². The average Bonchev–Trinajstić information content (AvgIpc) is 2.61. The highest BCUT2D eigenvalue weighted by Gasteiger charge is 2.23. The molecule has 3 N–H and O–H groups in total. The van der Waals surface area contributed by atoms with Crippen molar-refractivity contribution in [3.8, 4) is 0 Å². The van der Waals surface area contributed by atoms with E-state index in [0.29, 0.717) is 0 Å². The van der Waals surface area contributed by atoms with Crippen LogP contribution in [0.25, 0.3) is 0 Å². The molecule has 2 rings (SSSR count). The highest BCUT2D eigenvalue weighted by atomic mass is 16.5. The first-order valence-electron chi connectivity index (χ1n) is 7.26. The van der Waals surface area contributed by atoms with Crippen molar-refractivity contribution in [2.75, 3.05) is 0 Å². The van der Waals surface area contributed by atoms with E-state index in [1.165, 1.54) is 18.5 Å². The number of amides is 2. The first-order valence-corrected chi connectivity index (χ1v) is 7.26. The molecule has 0 spiro atoms. The van der Waals surface area contributed by atoms with Gasteiger partial charge in [-0.1, -0.05) is 30.3 Å². The summed E-state index contributed by atoms with van der Waals surface area (Å²) in [6.07, 6.45) is 2.53. The first kappa shape index (κ1) is 17.1. The molecule has 0 bridgehead atoms. The molecular formula is C17H17N3O4. The lowest BCUT2D eigenvalue weighted by atomic mass is 10.1. The molecule has 0 unspecified atom stereocenters. The molecule has 124 valence electrons. The summed E-state index contributed by atoms with van der Waals surface area (Å²) < 4.78 is 5.09. The van der Waals surface area contributed by atoms with Gasteiger partial charge in [0.1, 0.15) is 12.6 Å². The number of primary amides is 1. The minimum atomic E-state index is -1.15. The Balaban J connectivity index is 1.89. The van der Waals surface area contributed by atoms with Crippen LogP contribution in [0, 0.1) is 0 Å². The van der Waals surface area contributed by atoms with Gasteiger partial charge in [-0.15, -0.1) is 0 Å². The topological polar surface area (TPSA) is 111 Å². The first-order chi connectivity index (χ1) is 11.6. The summed E-state index contributed by atoms with van der Waals surface area (Å²) in [4.78, 5) is 39.1. The lowest BCUT2D eigenvalue weighted by molar-refractivity contribution is -0.146. The standard InChI is InChI=1S/C17H17N3O4/c18-16(22)14(20-17(23)13-7-4-8-19-10-13)9-15(21)24-11-12-5-2-1-3-6-12/h1-8,10,14H,9,11H2,(H2,18,22)(H,20,23)/t14-/m0/s1. The minimum Gasteiger partial charge on any atom is -0.461 e. The Morgan fingerprint density at radius 3 is 2.50 bits per heavy atom. The second kappa shape index (κ2) is 8.42. The van der Waals surface area contributed by atoms with Gasteiger partial charge in [0.2, 0.25) is 5.91 Å². The number of carbonyl (C=O) groups is 3. The number of rotatable bonds is 7. The number of hydrogen-bond acceptors (Lipinski definition) is 5. The predicted molar refractivity (Wildman–Crippen MR) is 85.5 cm³/mol. The summed E-state index contributed by atoms with van der Waals surface area (Å²) in [5.41, 5.74) is 6.33. The molecular weight excluding hydrogens is 310 g/mol. The van der Waals surface area contributed by atoms with Crippen molar-refractivity contribution in [2.45, 2.75) is 19.1 Å². The van der Waals surface area contributed by atoms with Gasteiger partial charge in [-0.3, -0.25) is 19.4 Å². The molecule has 2 amide bonds. The smallest absolute Gasteiger partial charge is 0.308 e. The van der Waals surface area contributed by atoms with Crippen LogP contribution in [0.1, 0.15) is 22.3 Å². The zero-order valence-corrected chi connectivity index (χ0v) is 12.8. The van der Waals surface area contributed by atoms with Gasteiger partial charge in [-0.25, -0.2) is 0 Å². The van der Waals surface area contributed by atoms with Crippen LogP contribution in [0.5, 0.6) is 0 Å². The number of esters is 1. The van der Waals surface area contributed by atoms with Gasteiger partial charge < -0.3 is 15.8 Å². The number of nitrogens with one attached hydrogen (secondary N) is 1. The fourth-order valence-corrected chi connectivity index (χ4v) is 1.93. The summed E-state index contributed by atoms with van der Waals surface area (Å²) in [5, 5.41) is 2.41. The maximum absolute atomic E-state index is 12.0. The van der Waals surface area contributed by atoms with Crippen molar-refractivity contribution in [1.29, 1.82) is 0 Å². The fourth-order valence-electron chi connectivity index (χ4n) is 1.93. The number of ether oxygens (including phenoxy) is 1. The molecule has 0 radical (unpaired) electrons. The fraction of sp³-hybridized carbons (Fsp3) is 0.176. The molecule has 1 aromatic carbocycles. The van der Waals surface area contributed by atoms with Gasteiger partial charge in [0.25, 0.3) is 5.91 Å². The highest BCUT2D eigenvalue weighted by Crippen LogP contribution is 2.04. The van der Waals surface area contributed by atoms with Gasteiger partial charge in [0, 0.05) is 12.4 Å². The van der Waals surface area contributed by atoms with Crippen molar-refractivity contribution >= 4 is 17.8 Å². The van der Waals surface area contributed by atoms with Crippen LogP contribution in [0.2, 0.25) is 0 Å². The Labute approximate surface area is 138 Å². The molecule has 0 saturated heterocycles. The van der Waals surface area contributed by atoms with Crippen LogP contribution >= 0.6 is 0 Å².